The molecule has 9 nitrogen and oxygen atoms in total. The molecule has 0 bridgehead atoms. The fourth-order valence-electron chi connectivity index (χ4n) is 4.78. The summed E-state index contributed by atoms with van der Waals surface area (Å²) in [6, 6.07) is 13.5. The van der Waals surface area contributed by atoms with Crippen LogP contribution >= 0.6 is 7.44 Å². The Labute approximate surface area is 258 Å². The van der Waals surface area contributed by atoms with Gasteiger partial charge in [0.05, 0.1) is 13.2 Å². The first kappa shape index (κ1) is 34.8. The van der Waals surface area contributed by atoms with E-state index in [9.17, 15) is 23.7 Å². The molecular formula is C33H42FN2O7P. The first-order valence-electron chi connectivity index (χ1n) is 14.6. The van der Waals surface area contributed by atoms with Crippen molar-refractivity contribution in [3.05, 3.63) is 93.8 Å². The number of carbonyl (C=O) groups excluding carboxylic acids is 2. The molecule has 3 N–H and O–H groups in total. The summed E-state index contributed by atoms with van der Waals surface area (Å²) in [5.74, 6) is -0.814. The number of nitrogens with one attached hydrogen (secondary N) is 2. The minimum Gasteiger partial charge on any atom is -0.508 e. The summed E-state index contributed by atoms with van der Waals surface area (Å²) in [6.45, 7) is 10.7. The van der Waals surface area contributed by atoms with Gasteiger partial charge in [0, 0.05) is 6.42 Å². The number of hydrogen-bond donors (Lipinski definition) is 3. The number of aromatic hydroxyl groups is 1. The van der Waals surface area contributed by atoms with Crippen molar-refractivity contribution in [3.8, 4) is 11.5 Å². The SMILES string of the molecule is CCOC(=O)[C@H](C)NP(=O)(COc1cc(C)c(Cc2ccc(O)c(Cc3ccc(F)cc3)c2)c(C)c1)N[C@@H](C)C(=O)OCC. The Bertz CT molecular complexity index is 1440. The van der Waals surface area contributed by atoms with Crippen molar-refractivity contribution in [1.82, 2.24) is 10.2 Å². The maximum atomic E-state index is 13.9. The van der Waals surface area contributed by atoms with Crippen LogP contribution in [0.5, 0.6) is 11.5 Å². The van der Waals surface area contributed by atoms with Crippen LogP contribution in [-0.2, 0) is 36.5 Å². The average Bonchev–Trinajstić information content (AvgIpc) is 2.97. The molecule has 0 saturated heterocycles. The normalized spacial score (nSPS) is 12.8. The quantitative estimate of drug-likeness (QED) is 0.139. The number of aryl methyl sites for hydroxylation is 2. The fourth-order valence-corrected chi connectivity index (χ4v) is 6.79. The third-order valence-electron chi connectivity index (χ3n) is 7.00. The monoisotopic (exact) mass is 628 g/mol. The van der Waals surface area contributed by atoms with Gasteiger partial charge in [-0.1, -0.05) is 24.3 Å². The predicted molar refractivity (Wildman–Crippen MR) is 168 cm³/mol. The molecule has 3 rings (SSSR count). The number of hydrogen-bond acceptors (Lipinski definition) is 7. The van der Waals surface area contributed by atoms with Crippen LogP contribution in [0.2, 0.25) is 0 Å². The smallest absolute Gasteiger partial charge is 0.323 e. The van der Waals surface area contributed by atoms with Crippen LogP contribution < -0.4 is 14.9 Å². The number of halogens is 1. The average molecular weight is 629 g/mol. The second kappa shape index (κ2) is 15.8. The van der Waals surface area contributed by atoms with E-state index >= 15 is 0 Å². The van der Waals surface area contributed by atoms with Gasteiger partial charge in [-0.2, -0.15) is 0 Å². The van der Waals surface area contributed by atoms with E-state index in [1.165, 1.54) is 26.0 Å². The fraction of sp³-hybridized carbons (Fsp3) is 0.394. The van der Waals surface area contributed by atoms with E-state index in [0.29, 0.717) is 18.6 Å². The predicted octanol–water partition coefficient (Wildman–Crippen LogP) is 5.94. The second-order valence-electron chi connectivity index (χ2n) is 10.7. The molecule has 0 saturated carbocycles. The number of benzene rings is 3. The molecular weight excluding hydrogens is 586 g/mol. The minimum absolute atomic E-state index is 0.170. The highest BCUT2D eigenvalue weighted by molar-refractivity contribution is 7.59. The largest absolute Gasteiger partial charge is 0.508 e. The molecule has 0 radical (unpaired) electrons. The first-order chi connectivity index (χ1) is 20.8. The number of phenols is 1. The molecule has 3 aromatic rings. The topological polar surface area (TPSA) is 123 Å². The molecule has 238 valence electrons. The van der Waals surface area contributed by atoms with Gasteiger partial charge in [-0.15, -0.1) is 0 Å². The van der Waals surface area contributed by atoms with Crippen molar-refractivity contribution in [2.75, 3.05) is 19.6 Å². The van der Waals surface area contributed by atoms with Crippen LogP contribution in [-0.4, -0.2) is 48.7 Å². The maximum Gasteiger partial charge on any atom is 0.323 e. The number of phenolic OH excluding ortho intramolecular Hbond substituents is 1. The molecule has 44 heavy (non-hydrogen) atoms. The number of esters is 2. The van der Waals surface area contributed by atoms with Gasteiger partial charge in [0.2, 0.25) is 7.44 Å². The van der Waals surface area contributed by atoms with Gasteiger partial charge in [-0.05, 0) is 112 Å². The number of rotatable bonds is 15. The summed E-state index contributed by atoms with van der Waals surface area (Å²) in [7, 11) is -3.66. The molecule has 0 spiro atoms. The van der Waals surface area contributed by atoms with E-state index in [1.807, 2.05) is 38.1 Å². The summed E-state index contributed by atoms with van der Waals surface area (Å²) in [4.78, 5) is 24.5. The Hall–Kier alpha value is -3.72. The highest BCUT2D eigenvalue weighted by Crippen LogP contribution is 2.39. The van der Waals surface area contributed by atoms with E-state index < -0.39 is 31.5 Å². The van der Waals surface area contributed by atoms with Gasteiger partial charge in [-0.25, -0.2) is 14.6 Å². The highest BCUT2D eigenvalue weighted by Gasteiger charge is 2.32. The number of ether oxygens (including phenoxy) is 3. The van der Waals surface area contributed by atoms with Crippen LogP contribution in [0.4, 0.5) is 4.39 Å². The summed E-state index contributed by atoms with van der Waals surface area (Å²) >= 11 is 0. The van der Waals surface area contributed by atoms with Gasteiger partial charge >= 0.3 is 11.9 Å². The molecule has 0 heterocycles. The van der Waals surface area contributed by atoms with Gasteiger partial charge in [-0.3, -0.25) is 14.2 Å². The van der Waals surface area contributed by atoms with E-state index in [0.717, 1.165) is 33.4 Å². The third-order valence-corrected chi connectivity index (χ3v) is 9.10. The molecule has 0 aliphatic rings. The van der Waals surface area contributed by atoms with E-state index in [4.69, 9.17) is 14.2 Å². The zero-order chi connectivity index (χ0) is 32.4. The standard InChI is InChI=1S/C33H42FN2O7P/c1-7-41-32(38)23(5)35-44(40,36-24(6)33(39)42-8-2)20-43-29-15-21(3)30(22(4)16-29)19-26-11-14-31(37)27(18-26)17-25-9-12-28(34)13-10-25/h9-16,18,23-24,37H,7-8,17,19-20H2,1-6H3,(H2,35,36,40)/t23-,24-/m0/s1. The van der Waals surface area contributed by atoms with Crippen molar-refractivity contribution >= 4 is 19.4 Å². The maximum absolute atomic E-state index is 13.9. The lowest BCUT2D eigenvalue weighted by molar-refractivity contribution is -0.145. The lowest BCUT2D eigenvalue weighted by Gasteiger charge is -2.26. The Morgan fingerprint density at radius 2 is 1.36 bits per heavy atom. The second-order valence-corrected chi connectivity index (χ2v) is 13.0. The van der Waals surface area contributed by atoms with Gasteiger partial charge in [0.15, 0.2) is 6.35 Å². The van der Waals surface area contributed by atoms with Gasteiger partial charge < -0.3 is 19.3 Å². The summed E-state index contributed by atoms with van der Waals surface area (Å²) < 4.78 is 43.3. The van der Waals surface area contributed by atoms with Crippen molar-refractivity contribution in [2.45, 2.75) is 66.5 Å². The Morgan fingerprint density at radius 1 is 0.841 bits per heavy atom. The van der Waals surface area contributed by atoms with Crippen LogP contribution in [0.3, 0.4) is 0 Å². The molecule has 0 unspecified atom stereocenters. The Balaban J connectivity index is 1.77. The van der Waals surface area contributed by atoms with Gasteiger partial charge in [0.25, 0.3) is 0 Å². The number of carbonyl (C=O) groups is 2. The zero-order valence-electron chi connectivity index (χ0n) is 26.1. The molecule has 0 aromatic heterocycles. The first-order valence-corrected chi connectivity index (χ1v) is 16.5. The molecule has 2 atom stereocenters. The van der Waals surface area contributed by atoms with Gasteiger partial charge in [0.1, 0.15) is 29.4 Å². The molecule has 11 heteroatoms. The van der Waals surface area contributed by atoms with Crippen molar-refractivity contribution in [3.63, 3.8) is 0 Å². The summed E-state index contributed by atoms with van der Waals surface area (Å²) in [6.07, 6.45) is 0.726. The summed E-state index contributed by atoms with van der Waals surface area (Å²) in [5, 5.41) is 16.0. The van der Waals surface area contributed by atoms with Crippen molar-refractivity contribution < 1.29 is 37.9 Å². The molecule has 3 aromatic carbocycles. The molecule has 0 amide bonds. The lowest BCUT2D eigenvalue weighted by Crippen LogP contribution is -2.43. The van der Waals surface area contributed by atoms with E-state index in [-0.39, 0.29) is 31.1 Å². The lowest BCUT2D eigenvalue weighted by atomic mass is 9.93. The van der Waals surface area contributed by atoms with Crippen LogP contribution in [0, 0.1) is 19.7 Å². The van der Waals surface area contributed by atoms with E-state index in [1.54, 1.807) is 32.0 Å². The Morgan fingerprint density at radius 3 is 1.89 bits per heavy atom. The molecule has 0 aliphatic heterocycles. The highest BCUT2D eigenvalue weighted by atomic mass is 31.2. The zero-order valence-corrected chi connectivity index (χ0v) is 27.0. The van der Waals surface area contributed by atoms with Crippen LogP contribution in [0.1, 0.15) is 61.1 Å². The Kier molecular flexibility index (Phi) is 12.5. The van der Waals surface area contributed by atoms with Crippen LogP contribution in [0.15, 0.2) is 54.6 Å². The van der Waals surface area contributed by atoms with E-state index in [2.05, 4.69) is 10.2 Å². The van der Waals surface area contributed by atoms with Crippen molar-refractivity contribution in [2.24, 2.45) is 0 Å². The molecule has 0 aliphatic carbocycles. The van der Waals surface area contributed by atoms with Crippen LogP contribution in [0.25, 0.3) is 0 Å². The minimum atomic E-state index is -3.66. The van der Waals surface area contributed by atoms with Crippen molar-refractivity contribution in [1.29, 1.82) is 0 Å². The third kappa shape index (κ3) is 9.91. The summed E-state index contributed by atoms with van der Waals surface area (Å²) in [5.41, 5.74) is 5.60. The molecule has 0 fully saturated rings.